The largest absolute Gasteiger partial charge is 0.469 e. The summed E-state index contributed by atoms with van der Waals surface area (Å²) in [6.07, 6.45) is 4.17. The Morgan fingerprint density at radius 2 is 2.00 bits per heavy atom. The Kier molecular flexibility index (Phi) is 2.82. The van der Waals surface area contributed by atoms with Crippen molar-refractivity contribution in [1.82, 2.24) is 4.98 Å². The summed E-state index contributed by atoms with van der Waals surface area (Å²) in [7, 11) is 0. The summed E-state index contributed by atoms with van der Waals surface area (Å²) in [6.45, 7) is 0. The van der Waals surface area contributed by atoms with E-state index in [1.54, 1.807) is 12.5 Å². The standard InChI is InChI=1S/C15H14N2O/c16-14(10-11-4-3-9-18-11)12-7-8-17-15-6-2-1-5-13(12)15/h1-9,14H,10,16H2. The fourth-order valence-electron chi connectivity index (χ4n) is 2.20. The van der Waals surface area contributed by atoms with Gasteiger partial charge in [0.25, 0.3) is 0 Å². The van der Waals surface area contributed by atoms with Crippen molar-refractivity contribution in [3.8, 4) is 0 Å². The third-order valence-corrected chi connectivity index (χ3v) is 3.08. The summed E-state index contributed by atoms with van der Waals surface area (Å²) in [5.74, 6) is 0.906. The first-order valence-corrected chi connectivity index (χ1v) is 5.96. The molecule has 0 radical (unpaired) electrons. The number of fused-ring (bicyclic) bond motifs is 1. The molecular weight excluding hydrogens is 224 g/mol. The Morgan fingerprint density at radius 3 is 2.83 bits per heavy atom. The Bertz CT molecular complexity index is 641. The molecule has 2 heterocycles. The Labute approximate surface area is 105 Å². The molecule has 1 unspecified atom stereocenters. The molecule has 0 aliphatic carbocycles. The zero-order valence-corrected chi connectivity index (χ0v) is 9.91. The second-order valence-electron chi connectivity index (χ2n) is 4.31. The highest BCUT2D eigenvalue weighted by Gasteiger charge is 2.12. The number of hydrogen-bond acceptors (Lipinski definition) is 3. The highest BCUT2D eigenvalue weighted by molar-refractivity contribution is 5.82. The van der Waals surface area contributed by atoms with Crippen LogP contribution in [0, 0.1) is 0 Å². The van der Waals surface area contributed by atoms with Gasteiger partial charge in [0, 0.05) is 24.0 Å². The van der Waals surface area contributed by atoms with Crippen molar-refractivity contribution in [3.63, 3.8) is 0 Å². The molecule has 3 nitrogen and oxygen atoms in total. The van der Waals surface area contributed by atoms with Crippen LogP contribution in [0.2, 0.25) is 0 Å². The number of rotatable bonds is 3. The van der Waals surface area contributed by atoms with Gasteiger partial charge in [-0.2, -0.15) is 0 Å². The lowest BCUT2D eigenvalue weighted by Gasteiger charge is -2.13. The Hall–Kier alpha value is -2.13. The van der Waals surface area contributed by atoms with Crippen LogP contribution in [0.4, 0.5) is 0 Å². The molecule has 18 heavy (non-hydrogen) atoms. The fraction of sp³-hybridized carbons (Fsp3) is 0.133. The number of furan rings is 1. The molecule has 0 saturated heterocycles. The van der Waals surface area contributed by atoms with Crippen molar-refractivity contribution < 1.29 is 4.42 Å². The van der Waals surface area contributed by atoms with Gasteiger partial charge in [-0.1, -0.05) is 18.2 Å². The normalized spacial score (nSPS) is 12.7. The minimum atomic E-state index is -0.0796. The second kappa shape index (κ2) is 4.63. The third-order valence-electron chi connectivity index (χ3n) is 3.08. The van der Waals surface area contributed by atoms with Gasteiger partial charge in [0.05, 0.1) is 11.8 Å². The molecule has 0 saturated carbocycles. The number of aromatic nitrogens is 1. The monoisotopic (exact) mass is 238 g/mol. The van der Waals surface area contributed by atoms with Crippen LogP contribution in [-0.4, -0.2) is 4.98 Å². The number of para-hydroxylation sites is 1. The zero-order valence-electron chi connectivity index (χ0n) is 9.91. The van der Waals surface area contributed by atoms with E-state index in [2.05, 4.69) is 11.1 Å². The molecule has 0 aliphatic heterocycles. The summed E-state index contributed by atoms with van der Waals surface area (Å²) in [5.41, 5.74) is 8.35. The molecule has 1 aromatic carbocycles. The average Bonchev–Trinajstić information content (AvgIpc) is 2.91. The van der Waals surface area contributed by atoms with Crippen LogP contribution >= 0.6 is 0 Å². The van der Waals surface area contributed by atoms with E-state index >= 15 is 0 Å². The number of nitrogens with zero attached hydrogens (tertiary/aromatic N) is 1. The topological polar surface area (TPSA) is 52.0 Å². The molecule has 0 bridgehead atoms. The smallest absolute Gasteiger partial charge is 0.105 e. The summed E-state index contributed by atoms with van der Waals surface area (Å²) >= 11 is 0. The summed E-state index contributed by atoms with van der Waals surface area (Å²) in [4.78, 5) is 4.34. The summed E-state index contributed by atoms with van der Waals surface area (Å²) in [5, 5.41) is 1.11. The van der Waals surface area contributed by atoms with Gasteiger partial charge in [-0.05, 0) is 29.8 Å². The Morgan fingerprint density at radius 1 is 1.11 bits per heavy atom. The maximum absolute atomic E-state index is 6.26. The van der Waals surface area contributed by atoms with Crippen LogP contribution in [0.1, 0.15) is 17.4 Å². The van der Waals surface area contributed by atoms with E-state index in [0.29, 0.717) is 6.42 Å². The highest BCUT2D eigenvalue weighted by Crippen LogP contribution is 2.23. The van der Waals surface area contributed by atoms with E-state index in [9.17, 15) is 0 Å². The number of pyridine rings is 1. The lowest BCUT2D eigenvalue weighted by atomic mass is 9.99. The van der Waals surface area contributed by atoms with Gasteiger partial charge in [0.2, 0.25) is 0 Å². The zero-order chi connectivity index (χ0) is 12.4. The molecule has 3 rings (SSSR count). The SMILES string of the molecule is NC(Cc1ccco1)c1ccnc2ccccc12. The minimum absolute atomic E-state index is 0.0796. The van der Waals surface area contributed by atoms with Crippen molar-refractivity contribution in [1.29, 1.82) is 0 Å². The van der Waals surface area contributed by atoms with Crippen molar-refractivity contribution in [2.24, 2.45) is 5.73 Å². The molecule has 2 N–H and O–H groups in total. The predicted molar refractivity (Wildman–Crippen MR) is 71.1 cm³/mol. The quantitative estimate of drug-likeness (QED) is 0.763. The van der Waals surface area contributed by atoms with E-state index in [1.165, 1.54) is 0 Å². The molecule has 2 aromatic heterocycles. The van der Waals surface area contributed by atoms with Crippen molar-refractivity contribution >= 4 is 10.9 Å². The first kappa shape index (κ1) is 11.0. The third kappa shape index (κ3) is 2.00. The molecule has 3 aromatic rings. The van der Waals surface area contributed by atoms with Crippen LogP contribution in [0.25, 0.3) is 10.9 Å². The van der Waals surface area contributed by atoms with E-state index < -0.39 is 0 Å². The van der Waals surface area contributed by atoms with Gasteiger partial charge in [0.1, 0.15) is 5.76 Å². The van der Waals surface area contributed by atoms with Crippen molar-refractivity contribution in [2.75, 3.05) is 0 Å². The van der Waals surface area contributed by atoms with Crippen LogP contribution in [0.3, 0.4) is 0 Å². The van der Waals surface area contributed by atoms with Crippen LogP contribution in [-0.2, 0) is 6.42 Å². The average molecular weight is 238 g/mol. The van der Waals surface area contributed by atoms with Crippen molar-refractivity contribution in [2.45, 2.75) is 12.5 Å². The van der Waals surface area contributed by atoms with E-state index in [0.717, 1.165) is 22.2 Å². The van der Waals surface area contributed by atoms with Gasteiger partial charge >= 0.3 is 0 Å². The maximum atomic E-state index is 6.26. The van der Waals surface area contributed by atoms with Crippen LogP contribution < -0.4 is 5.73 Å². The van der Waals surface area contributed by atoms with E-state index in [-0.39, 0.29) is 6.04 Å². The molecule has 0 fully saturated rings. The van der Waals surface area contributed by atoms with Crippen molar-refractivity contribution in [3.05, 3.63) is 66.2 Å². The molecule has 0 amide bonds. The number of benzene rings is 1. The molecule has 3 heteroatoms. The highest BCUT2D eigenvalue weighted by atomic mass is 16.3. The second-order valence-corrected chi connectivity index (χ2v) is 4.31. The van der Waals surface area contributed by atoms with Gasteiger partial charge in [-0.25, -0.2) is 0 Å². The van der Waals surface area contributed by atoms with Crippen LogP contribution in [0.15, 0.2) is 59.3 Å². The van der Waals surface area contributed by atoms with Gasteiger partial charge in [0.15, 0.2) is 0 Å². The molecule has 0 aliphatic rings. The lowest BCUT2D eigenvalue weighted by molar-refractivity contribution is 0.489. The van der Waals surface area contributed by atoms with E-state index in [1.807, 2.05) is 36.4 Å². The van der Waals surface area contributed by atoms with Gasteiger partial charge in [-0.3, -0.25) is 4.98 Å². The summed E-state index contributed by atoms with van der Waals surface area (Å²) < 4.78 is 5.34. The maximum Gasteiger partial charge on any atom is 0.105 e. The first-order valence-electron chi connectivity index (χ1n) is 5.96. The number of hydrogen-bond donors (Lipinski definition) is 1. The molecule has 0 spiro atoms. The minimum Gasteiger partial charge on any atom is -0.469 e. The molecule has 1 atom stereocenters. The fourth-order valence-corrected chi connectivity index (χ4v) is 2.20. The van der Waals surface area contributed by atoms with Gasteiger partial charge < -0.3 is 10.2 Å². The number of nitrogens with two attached hydrogens (primary N) is 1. The first-order chi connectivity index (χ1) is 8.84. The van der Waals surface area contributed by atoms with Gasteiger partial charge in [-0.15, -0.1) is 0 Å². The predicted octanol–water partition coefficient (Wildman–Crippen LogP) is 3.07. The summed E-state index contributed by atoms with van der Waals surface area (Å²) in [6, 6.07) is 13.8. The lowest BCUT2D eigenvalue weighted by Crippen LogP contribution is -2.13. The Balaban J connectivity index is 1.98. The molecular formula is C15H14N2O. The van der Waals surface area contributed by atoms with Crippen LogP contribution in [0.5, 0.6) is 0 Å². The van der Waals surface area contributed by atoms with E-state index in [4.69, 9.17) is 10.2 Å². The molecule has 90 valence electrons.